The summed E-state index contributed by atoms with van der Waals surface area (Å²) >= 11 is 0. The average Bonchev–Trinajstić information content (AvgIpc) is 2.67. The van der Waals surface area contributed by atoms with Crippen molar-refractivity contribution in [2.24, 2.45) is 0 Å². The Morgan fingerprint density at radius 2 is 1.96 bits per heavy atom. The van der Waals surface area contributed by atoms with E-state index in [1.54, 1.807) is 6.07 Å². The molecule has 1 aliphatic rings. The molecule has 1 atom stereocenters. The fourth-order valence-electron chi connectivity index (χ4n) is 3.35. The van der Waals surface area contributed by atoms with Crippen LogP contribution in [0.3, 0.4) is 0 Å². The molecule has 4 rings (SSSR count). The monoisotopic (exact) mass is 335 g/mol. The van der Waals surface area contributed by atoms with Gasteiger partial charge >= 0.3 is 5.63 Å². The molecule has 1 aliphatic heterocycles. The summed E-state index contributed by atoms with van der Waals surface area (Å²) in [4.78, 5) is 14.5. The van der Waals surface area contributed by atoms with Crippen molar-refractivity contribution in [3.63, 3.8) is 0 Å². The Kier molecular flexibility index (Phi) is 4.06. The molecule has 0 amide bonds. The van der Waals surface area contributed by atoms with Crippen molar-refractivity contribution in [3.8, 4) is 16.9 Å². The summed E-state index contributed by atoms with van der Waals surface area (Å²) in [7, 11) is 0. The zero-order valence-corrected chi connectivity index (χ0v) is 14.5. The SMILES string of the molecule is CC[C@H](C)N1COc2ccc3c(-c4ccccc4)cc(=O)oc3c2C1. The minimum absolute atomic E-state index is 0.333. The molecule has 0 spiro atoms. The van der Waals surface area contributed by atoms with Gasteiger partial charge in [0.2, 0.25) is 0 Å². The maximum absolute atomic E-state index is 12.2. The van der Waals surface area contributed by atoms with Gasteiger partial charge in [-0.2, -0.15) is 0 Å². The quantitative estimate of drug-likeness (QED) is 0.665. The van der Waals surface area contributed by atoms with Crippen molar-refractivity contribution in [1.82, 2.24) is 4.90 Å². The van der Waals surface area contributed by atoms with Crippen LogP contribution in [-0.4, -0.2) is 17.7 Å². The van der Waals surface area contributed by atoms with E-state index in [4.69, 9.17) is 9.15 Å². The van der Waals surface area contributed by atoms with Gasteiger partial charge in [-0.05, 0) is 36.6 Å². The summed E-state index contributed by atoms with van der Waals surface area (Å²) in [5.74, 6) is 0.806. The minimum atomic E-state index is -0.333. The van der Waals surface area contributed by atoms with Crippen molar-refractivity contribution in [2.75, 3.05) is 6.73 Å². The number of rotatable bonds is 3. The molecular weight excluding hydrogens is 314 g/mol. The van der Waals surface area contributed by atoms with Crippen LogP contribution >= 0.6 is 0 Å². The van der Waals surface area contributed by atoms with Crippen LogP contribution in [0.15, 0.2) is 57.7 Å². The Morgan fingerprint density at radius 3 is 2.72 bits per heavy atom. The number of hydrogen-bond acceptors (Lipinski definition) is 4. The average molecular weight is 335 g/mol. The lowest BCUT2D eigenvalue weighted by Gasteiger charge is -2.33. The molecule has 3 aromatic rings. The van der Waals surface area contributed by atoms with Gasteiger partial charge in [-0.1, -0.05) is 37.3 Å². The van der Waals surface area contributed by atoms with E-state index in [-0.39, 0.29) is 5.63 Å². The van der Waals surface area contributed by atoms with Crippen LogP contribution in [0.4, 0.5) is 0 Å². The molecule has 2 heterocycles. The summed E-state index contributed by atoms with van der Waals surface area (Å²) in [6.45, 7) is 5.64. The molecule has 0 unspecified atom stereocenters. The van der Waals surface area contributed by atoms with E-state index in [1.165, 1.54) is 0 Å². The first-order valence-electron chi connectivity index (χ1n) is 8.69. The Balaban J connectivity index is 1.91. The number of fused-ring (bicyclic) bond motifs is 3. The summed E-state index contributed by atoms with van der Waals surface area (Å²) in [6, 6.07) is 15.9. The standard InChI is InChI=1S/C21H21NO3/c1-3-14(2)22-12-18-19(24-13-22)10-9-16-17(11-20(23)25-21(16)18)15-7-5-4-6-8-15/h4-11,14H,3,12-13H2,1-2H3/t14-/m0/s1. The second-order valence-electron chi connectivity index (χ2n) is 6.54. The van der Waals surface area contributed by atoms with Crippen molar-refractivity contribution in [3.05, 3.63) is 64.5 Å². The molecule has 0 aliphatic carbocycles. The lowest BCUT2D eigenvalue weighted by atomic mass is 9.99. The molecule has 0 radical (unpaired) electrons. The van der Waals surface area contributed by atoms with Crippen molar-refractivity contribution < 1.29 is 9.15 Å². The third-order valence-corrected chi connectivity index (χ3v) is 5.02. The number of benzene rings is 2. The van der Waals surface area contributed by atoms with Gasteiger partial charge in [0.05, 0.1) is 5.56 Å². The van der Waals surface area contributed by atoms with Gasteiger partial charge in [-0.3, -0.25) is 4.90 Å². The van der Waals surface area contributed by atoms with Gasteiger partial charge in [0.25, 0.3) is 0 Å². The van der Waals surface area contributed by atoms with E-state index in [1.807, 2.05) is 42.5 Å². The predicted molar refractivity (Wildman–Crippen MR) is 98.7 cm³/mol. The summed E-state index contributed by atoms with van der Waals surface area (Å²) in [5.41, 5.74) is 3.17. The number of hydrogen-bond donors (Lipinski definition) is 0. The molecule has 2 aromatic carbocycles. The highest BCUT2D eigenvalue weighted by molar-refractivity contribution is 5.95. The van der Waals surface area contributed by atoms with E-state index in [0.29, 0.717) is 18.4 Å². The maximum atomic E-state index is 12.2. The van der Waals surface area contributed by atoms with E-state index >= 15 is 0 Å². The van der Waals surface area contributed by atoms with Gasteiger partial charge in [0.1, 0.15) is 18.1 Å². The topological polar surface area (TPSA) is 42.7 Å². The second-order valence-corrected chi connectivity index (χ2v) is 6.54. The van der Waals surface area contributed by atoms with E-state index in [9.17, 15) is 4.79 Å². The first-order chi connectivity index (χ1) is 12.2. The number of nitrogens with zero attached hydrogens (tertiary/aromatic N) is 1. The van der Waals surface area contributed by atoms with Crippen LogP contribution in [-0.2, 0) is 6.54 Å². The fraction of sp³-hybridized carbons (Fsp3) is 0.286. The van der Waals surface area contributed by atoms with Gasteiger partial charge in [0, 0.05) is 24.0 Å². The number of ether oxygens (including phenoxy) is 1. The molecule has 0 saturated heterocycles. The van der Waals surface area contributed by atoms with Gasteiger partial charge < -0.3 is 9.15 Å². The third kappa shape index (κ3) is 2.83. The van der Waals surface area contributed by atoms with Gasteiger partial charge in [-0.25, -0.2) is 4.79 Å². The van der Waals surface area contributed by atoms with Crippen LogP contribution in [0.2, 0.25) is 0 Å². The molecule has 0 fully saturated rings. The minimum Gasteiger partial charge on any atom is -0.478 e. The van der Waals surface area contributed by atoms with Crippen LogP contribution in [0, 0.1) is 0 Å². The largest absolute Gasteiger partial charge is 0.478 e. The predicted octanol–water partition coefficient (Wildman–Crippen LogP) is 4.41. The van der Waals surface area contributed by atoms with E-state index < -0.39 is 0 Å². The zero-order valence-electron chi connectivity index (χ0n) is 14.5. The molecule has 0 bridgehead atoms. The van der Waals surface area contributed by atoms with E-state index in [0.717, 1.165) is 40.8 Å². The highest BCUT2D eigenvalue weighted by Crippen LogP contribution is 2.36. The highest BCUT2D eigenvalue weighted by atomic mass is 16.5. The molecule has 1 aromatic heterocycles. The lowest BCUT2D eigenvalue weighted by Crippen LogP contribution is -2.38. The Bertz CT molecular complexity index is 962. The molecule has 4 nitrogen and oxygen atoms in total. The zero-order chi connectivity index (χ0) is 17.4. The van der Waals surface area contributed by atoms with Crippen molar-refractivity contribution in [2.45, 2.75) is 32.9 Å². The molecular formula is C21H21NO3. The normalized spacial score (nSPS) is 15.6. The molecule has 25 heavy (non-hydrogen) atoms. The van der Waals surface area contributed by atoms with Crippen LogP contribution in [0.1, 0.15) is 25.8 Å². The molecule has 0 saturated carbocycles. The Hall–Kier alpha value is -2.59. The van der Waals surface area contributed by atoms with E-state index in [2.05, 4.69) is 18.7 Å². The first kappa shape index (κ1) is 15.9. The van der Waals surface area contributed by atoms with Crippen LogP contribution in [0.5, 0.6) is 5.75 Å². The Morgan fingerprint density at radius 1 is 1.16 bits per heavy atom. The third-order valence-electron chi connectivity index (χ3n) is 5.02. The first-order valence-corrected chi connectivity index (χ1v) is 8.69. The van der Waals surface area contributed by atoms with Crippen molar-refractivity contribution in [1.29, 1.82) is 0 Å². The molecule has 4 heteroatoms. The highest BCUT2D eigenvalue weighted by Gasteiger charge is 2.24. The Labute approximate surface area is 146 Å². The summed E-state index contributed by atoms with van der Waals surface area (Å²) < 4.78 is 11.5. The van der Waals surface area contributed by atoms with Gasteiger partial charge in [-0.15, -0.1) is 0 Å². The second kappa shape index (κ2) is 6.37. The molecule has 0 N–H and O–H groups in total. The van der Waals surface area contributed by atoms with Crippen LogP contribution < -0.4 is 10.4 Å². The summed E-state index contributed by atoms with van der Waals surface area (Å²) in [5, 5.41) is 0.944. The van der Waals surface area contributed by atoms with Gasteiger partial charge in [0.15, 0.2) is 0 Å². The lowest BCUT2D eigenvalue weighted by molar-refractivity contribution is 0.0610. The maximum Gasteiger partial charge on any atom is 0.336 e. The summed E-state index contributed by atoms with van der Waals surface area (Å²) in [6.07, 6.45) is 1.04. The molecule has 128 valence electrons. The van der Waals surface area contributed by atoms with Crippen LogP contribution in [0.25, 0.3) is 22.1 Å². The smallest absolute Gasteiger partial charge is 0.336 e. The van der Waals surface area contributed by atoms with Crippen molar-refractivity contribution >= 4 is 11.0 Å². The fourth-order valence-corrected chi connectivity index (χ4v) is 3.35.